The zero-order valence-electron chi connectivity index (χ0n) is 18.7. The number of anilines is 1. The molecule has 0 atom stereocenters. The summed E-state index contributed by atoms with van der Waals surface area (Å²) in [5.41, 5.74) is 5.74. The molecule has 2 amide bonds. The number of primary amides is 1. The molecule has 9 nitrogen and oxygen atoms in total. The first-order valence-electron chi connectivity index (χ1n) is 10.4. The molecule has 14 heteroatoms. The van der Waals surface area contributed by atoms with E-state index in [2.05, 4.69) is 36.4 Å². The topological polar surface area (TPSA) is 121 Å². The molecule has 0 saturated carbocycles. The zero-order chi connectivity index (χ0) is 25.7. The summed E-state index contributed by atoms with van der Waals surface area (Å²) < 4.78 is 44.6. The molecule has 4 rings (SSSR count). The van der Waals surface area contributed by atoms with Crippen molar-refractivity contribution < 1.29 is 22.8 Å². The first kappa shape index (κ1) is 24.9. The number of hydrogen-bond donors (Lipinski definition) is 2. The summed E-state index contributed by atoms with van der Waals surface area (Å²) in [5, 5.41) is 11.2. The van der Waals surface area contributed by atoms with E-state index in [1.54, 1.807) is 18.5 Å². The fourth-order valence-electron chi connectivity index (χ4n) is 3.78. The average Bonchev–Trinajstić information content (AvgIpc) is 3.47. The third kappa shape index (κ3) is 4.31. The van der Waals surface area contributed by atoms with Crippen LogP contribution in [0, 0.1) is 6.92 Å². The van der Waals surface area contributed by atoms with Crippen LogP contribution in [0.5, 0.6) is 0 Å². The fraction of sp³-hybridized carbons (Fsp3) is 0.286. The fourth-order valence-corrected chi connectivity index (χ4v) is 5.26. The monoisotopic (exact) mass is 569 g/mol. The molecule has 0 unspecified atom stereocenters. The van der Waals surface area contributed by atoms with Crippen LogP contribution in [0.4, 0.5) is 18.9 Å². The number of hydrogen-bond acceptors (Lipinski definition) is 6. The van der Waals surface area contributed by atoms with Crippen molar-refractivity contribution in [2.45, 2.75) is 40.0 Å². The quantitative estimate of drug-likeness (QED) is 0.344. The maximum Gasteiger partial charge on any atom is 0.433 e. The number of amides is 2. The van der Waals surface area contributed by atoms with E-state index < -0.39 is 23.7 Å². The second-order valence-electron chi connectivity index (χ2n) is 7.47. The molecule has 0 aliphatic heterocycles. The lowest BCUT2D eigenvalue weighted by molar-refractivity contribution is -0.140. The number of nitrogens with two attached hydrogens (primary N) is 1. The van der Waals surface area contributed by atoms with Gasteiger partial charge in [-0.05, 0) is 48.3 Å². The van der Waals surface area contributed by atoms with Crippen LogP contribution in [0.25, 0.3) is 21.3 Å². The third-order valence-corrected chi connectivity index (χ3v) is 7.10. The first-order valence-corrected chi connectivity index (χ1v) is 12.0. The Morgan fingerprint density at radius 1 is 1.14 bits per heavy atom. The third-order valence-electron chi connectivity index (χ3n) is 5.42. The van der Waals surface area contributed by atoms with Crippen LogP contribution >= 0.6 is 27.3 Å². The number of halogens is 4. The van der Waals surface area contributed by atoms with Crippen LogP contribution < -0.4 is 11.1 Å². The van der Waals surface area contributed by atoms with Crippen molar-refractivity contribution in [2.75, 3.05) is 5.32 Å². The SMILES string of the molecule is CCn1ncc(-c2cc(C(F)(F)F)nc3sc(C(N)=O)c(NC(=O)c4c(Br)cnn4CC)c23)c1C. The molecule has 0 bridgehead atoms. The van der Waals surface area contributed by atoms with Crippen molar-refractivity contribution in [3.05, 3.63) is 44.9 Å². The van der Waals surface area contributed by atoms with Crippen molar-refractivity contribution in [3.8, 4) is 11.1 Å². The van der Waals surface area contributed by atoms with E-state index in [4.69, 9.17) is 5.73 Å². The Balaban J connectivity index is 2.02. The number of alkyl halides is 3. The molecule has 35 heavy (non-hydrogen) atoms. The number of pyridine rings is 1. The van der Waals surface area contributed by atoms with Crippen LogP contribution in [0.1, 0.15) is 45.4 Å². The number of carbonyl (C=O) groups excluding carboxylic acids is 2. The minimum Gasteiger partial charge on any atom is -0.365 e. The van der Waals surface area contributed by atoms with Gasteiger partial charge < -0.3 is 11.1 Å². The molecule has 4 aromatic heterocycles. The lowest BCUT2D eigenvalue weighted by Gasteiger charge is -2.13. The van der Waals surface area contributed by atoms with Gasteiger partial charge in [0.2, 0.25) is 0 Å². The summed E-state index contributed by atoms with van der Waals surface area (Å²) >= 11 is 3.96. The molecule has 184 valence electrons. The highest BCUT2D eigenvalue weighted by Gasteiger charge is 2.35. The number of nitrogens with zero attached hydrogens (tertiary/aromatic N) is 5. The van der Waals surface area contributed by atoms with E-state index in [1.807, 2.05) is 6.92 Å². The molecule has 0 fully saturated rings. The van der Waals surface area contributed by atoms with Crippen molar-refractivity contribution in [1.82, 2.24) is 24.5 Å². The minimum atomic E-state index is -4.74. The van der Waals surface area contributed by atoms with E-state index in [0.29, 0.717) is 40.2 Å². The van der Waals surface area contributed by atoms with Gasteiger partial charge in [0, 0.05) is 29.7 Å². The Morgan fingerprint density at radius 3 is 2.37 bits per heavy atom. The van der Waals surface area contributed by atoms with E-state index in [9.17, 15) is 22.8 Å². The highest BCUT2D eigenvalue weighted by atomic mass is 79.9. The lowest BCUT2D eigenvalue weighted by Crippen LogP contribution is -2.20. The van der Waals surface area contributed by atoms with Gasteiger partial charge in [0.05, 0.1) is 22.6 Å². The van der Waals surface area contributed by atoms with Crippen LogP contribution in [-0.4, -0.2) is 36.4 Å². The average molecular weight is 570 g/mol. The van der Waals surface area contributed by atoms with Gasteiger partial charge >= 0.3 is 6.18 Å². The molecule has 0 aromatic carbocycles. The van der Waals surface area contributed by atoms with E-state index in [0.717, 1.165) is 6.07 Å². The Hall–Kier alpha value is -3.26. The number of carbonyl (C=O) groups is 2. The molecule has 4 heterocycles. The predicted molar refractivity (Wildman–Crippen MR) is 128 cm³/mol. The van der Waals surface area contributed by atoms with Crippen LogP contribution in [0.15, 0.2) is 22.9 Å². The highest BCUT2D eigenvalue weighted by Crippen LogP contribution is 2.44. The standard InChI is InChI=1S/C21H19BrF3N7O2S/c1-4-31-9(3)11(7-27-31)10-6-13(21(23,24)25)29-20-14(10)15(17(35-20)18(26)33)30-19(34)16-12(22)8-28-32(16)5-2/h6-8H,4-5H2,1-3H3,(H2,26,33)(H,30,34). The number of thiophene rings is 1. The molecule has 3 N–H and O–H groups in total. The summed E-state index contributed by atoms with van der Waals surface area (Å²) in [7, 11) is 0. The van der Waals surface area contributed by atoms with Crippen molar-refractivity contribution in [2.24, 2.45) is 5.73 Å². The smallest absolute Gasteiger partial charge is 0.365 e. The second-order valence-corrected chi connectivity index (χ2v) is 9.33. The van der Waals surface area contributed by atoms with E-state index in [1.165, 1.54) is 17.1 Å². The molecule has 4 aromatic rings. The number of nitrogens with one attached hydrogen (secondary N) is 1. The molecule has 0 spiro atoms. The molecule has 0 aliphatic carbocycles. The maximum absolute atomic E-state index is 13.7. The van der Waals surface area contributed by atoms with Crippen LogP contribution in [-0.2, 0) is 19.3 Å². The van der Waals surface area contributed by atoms with E-state index in [-0.39, 0.29) is 32.0 Å². The van der Waals surface area contributed by atoms with Crippen LogP contribution in [0.2, 0.25) is 0 Å². The summed E-state index contributed by atoms with van der Waals surface area (Å²) in [6, 6.07) is 0.895. The van der Waals surface area contributed by atoms with Gasteiger partial charge in [0.1, 0.15) is 21.1 Å². The highest BCUT2D eigenvalue weighted by molar-refractivity contribution is 9.10. The molecular weight excluding hydrogens is 551 g/mol. The lowest BCUT2D eigenvalue weighted by atomic mass is 10.0. The first-order chi connectivity index (χ1) is 16.5. The van der Waals surface area contributed by atoms with Crippen molar-refractivity contribution in [3.63, 3.8) is 0 Å². The Bertz CT molecular complexity index is 1470. The number of aryl methyl sites for hydroxylation is 2. The molecule has 0 radical (unpaired) electrons. The van der Waals surface area contributed by atoms with E-state index >= 15 is 0 Å². The Labute approximate surface area is 209 Å². The summed E-state index contributed by atoms with van der Waals surface area (Å²) in [6.07, 6.45) is -1.84. The molecule has 0 aliphatic rings. The summed E-state index contributed by atoms with van der Waals surface area (Å²) in [5.74, 6) is -1.53. The van der Waals surface area contributed by atoms with Gasteiger partial charge in [0.25, 0.3) is 11.8 Å². The van der Waals surface area contributed by atoms with Gasteiger partial charge in [-0.1, -0.05) is 0 Å². The molecule has 0 saturated heterocycles. The summed E-state index contributed by atoms with van der Waals surface area (Å²) in [4.78, 5) is 29.0. The van der Waals surface area contributed by atoms with Crippen molar-refractivity contribution >= 4 is 55.0 Å². The number of rotatable bonds is 6. The number of fused-ring (bicyclic) bond motifs is 1. The van der Waals surface area contributed by atoms with Gasteiger partial charge in [-0.2, -0.15) is 23.4 Å². The largest absolute Gasteiger partial charge is 0.433 e. The normalized spacial score (nSPS) is 11.9. The maximum atomic E-state index is 13.7. The van der Waals surface area contributed by atoms with Gasteiger partial charge in [-0.3, -0.25) is 19.0 Å². The van der Waals surface area contributed by atoms with Gasteiger partial charge in [-0.15, -0.1) is 11.3 Å². The van der Waals surface area contributed by atoms with Gasteiger partial charge in [-0.25, -0.2) is 4.98 Å². The van der Waals surface area contributed by atoms with Crippen LogP contribution in [0.3, 0.4) is 0 Å². The Kier molecular flexibility index (Phi) is 6.44. The minimum absolute atomic E-state index is 0.0156. The zero-order valence-corrected chi connectivity index (χ0v) is 21.1. The molecular formula is C21H19BrF3N7O2S. The van der Waals surface area contributed by atoms with Crippen molar-refractivity contribution in [1.29, 1.82) is 0 Å². The summed E-state index contributed by atoms with van der Waals surface area (Å²) in [6.45, 7) is 6.25. The van der Waals surface area contributed by atoms with Gasteiger partial charge in [0.15, 0.2) is 0 Å². The predicted octanol–water partition coefficient (Wildman–Crippen LogP) is 4.84. The Morgan fingerprint density at radius 2 is 1.80 bits per heavy atom. The second kappa shape index (κ2) is 9.07. The number of aromatic nitrogens is 5.